The van der Waals surface area contributed by atoms with Gasteiger partial charge in [-0.15, -0.1) is 11.3 Å². The van der Waals surface area contributed by atoms with Crippen molar-refractivity contribution in [2.45, 2.75) is 20.3 Å². The summed E-state index contributed by atoms with van der Waals surface area (Å²) in [5, 5.41) is 4.75. The molecule has 6 heteroatoms. The summed E-state index contributed by atoms with van der Waals surface area (Å²) in [5.74, 6) is 0.989. The Morgan fingerprint density at radius 1 is 1.21 bits per heavy atom. The van der Waals surface area contributed by atoms with E-state index in [4.69, 9.17) is 4.42 Å². The first-order chi connectivity index (χ1) is 11.5. The summed E-state index contributed by atoms with van der Waals surface area (Å²) in [4.78, 5) is 28.8. The van der Waals surface area contributed by atoms with Gasteiger partial charge in [-0.3, -0.25) is 9.59 Å². The maximum atomic E-state index is 12.2. The van der Waals surface area contributed by atoms with Gasteiger partial charge in [0.1, 0.15) is 5.76 Å². The van der Waals surface area contributed by atoms with Crippen molar-refractivity contribution in [1.82, 2.24) is 4.98 Å². The monoisotopic (exact) mass is 340 g/mol. The molecule has 0 aliphatic rings. The van der Waals surface area contributed by atoms with Crippen LogP contribution in [-0.4, -0.2) is 16.7 Å². The highest BCUT2D eigenvalue weighted by Crippen LogP contribution is 2.26. The first-order valence-corrected chi connectivity index (χ1v) is 8.32. The van der Waals surface area contributed by atoms with Crippen molar-refractivity contribution in [1.29, 1.82) is 0 Å². The molecule has 0 saturated carbocycles. The molecule has 24 heavy (non-hydrogen) atoms. The van der Waals surface area contributed by atoms with Gasteiger partial charge in [0.25, 0.3) is 0 Å². The van der Waals surface area contributed by atoms with Gasteiger partial charge in [0.2, 0.25) is 11.8 Å². The molecule has 0 radical (unpaired) electrons. The Kier molecular flexibility index (Phi) is 4.57. The third kappa shape index (κ3) is 3.60. The normalized spacial score (nSPS) is 10.6. The Balaban J connectivity index is 1.67. The summed E-state index contributed by atoms with van der Waals surface area (Å²) in [6, 6.07) is 10.7. The Bertz CT molecular complexity index is 864. The molecule has 2 heterocycles. The minimum atomic E-state index is -0.181. The van der Waals surface area contributed by atoms with E-state index in [0.29, 0.717) is 28.6 Å². The summed E-state index contributed by atoms with van der Waals surface area (Å²) in [6.45, 7) is 3.31. The van der Waals surface area contributed by atoms with Crippen molar-refractivity contribution in [2.24, 2.45) is 0 Å². The number of hydrogen-bond donors (Lipinski definition) is 1. The summed E-state index contributed by atoms with van der Waals surface area (Å²) < 4.78 is 5.63. The molecule has 0 bridgehead atoms. The zero-order valence-electron chi connectivity index (χ0n) is 13.3. The number of oxazole rings is 1. The third-order valence-corrected chi connectivity index (χ3v) is 4.39. The van der Waals surface area contributed by atoms with Crippen LogP contribution in [0.1, 0.15) is 28.7 Å². The quantitative estimate of drug-likeness (QED) is 0.710. The molecule has 3 aromatic rings. The molecule has 0 fully saturated rings. The number of aromatic nitrogens is 1. The summed E-state index contributed by atoms with van der Waals surface area (Å²) in [5.41, 5.74) is 1.88. The highest BCUT2D eigenvalue weighted by atomic mass is 32.1. The van der Waals surface area contributed by atoms with Crippen molar-refractivity contribution in [2.75, 3.05) is 5.32 Å². The highest BCUT2D eigenvalue weighted by molar-refractivity contribution is 7.13. The molecule has 0 aliphatic heterocycles. The molecule has 0 unspecified atom stereocenters. The predicted molar refractivity (Wildman–Crippen MR) is 93.3 cm³/mol. The molecule has 1 aromatic carbocycles. The maximum absolute atomic E-state index is 12.2. The standard InChI is InChI=1S/C18H16N2O3S/c1-11(21)13-5-7-14(8-6-13)19-17(22)10-15-12(2)23-18(20-15)16-4-3-9-24-16/h3-9H,10H2,1-2H3,(H,19,22). The topological polar surface area (TPSA) is 72.2 Å². The van der Waals surface area contributed by atoms with E-state index in [1.165, 1.54) is 18.3 Å². The number of carbonyl (C=O) groups excluding carboxylic acids is 2. The number of ketones is 1. The SMILES string of the molecule is CC(=O)c1ccc(NC(=O)Cc2nc(-c3cccs3)oc2C)cc1. The van der Waals surface area contributed by atoms with Crippen LogP contribution in [0.3, 0.4) is 0 Å². The van der Waals surface area contributed by atoms with E-state index in [9.17, 15) is 9.59 Å². The molecule has 3 rings (SSSR count). The lowest BCUT2D eigenvalue weighted by atomic mass is 10.1. The van der Waals surface area contributed by atoms with Gasteiger partial charge < -0.3 is 9.73 Å². The van der Waals surface area contributed by atoms with Crippen molar-refractivity contribution < 1.29 is 14.0 Å². The van der Waals surface area contributed by atoms with Crippen LogP contribution in [0.2, 0.25) is 0 Å². The molecule has 5 nitrogen and oxygen atoms in total. The fourth-order valence-corrected chi connectivity index (χ4v) is 2.89. The number of benzene rings is 1. The first-order valence-electron chi connectivity index (χ1n) is 7.44. The smallest absolute Gasteiger partial charge is 0.236 e. The van der Waals surface area contributed by atoms with Crippen molar-refractivity contribution in [3.8, 4) is 10.8 Å². The molecule has 1 N–H and O–H groups in total. The van der Waals surface area contributed by atoms with Crippen LogP contribution < -0.4 is 5.32 Å². The number of rotatable bonds is 5. The molecular formula is C18H16N2O3S. The maximum Gasteiger partial charge on any atom is 0.236 e. The van der Waals surface area contributed by atoms with Crippen molar-refractivity contribution in [3.63, 3.8) is 0 Å². The number of anilines is 1. The Morgan fingerprint density at radius 2 is 1.96 bits per heavy atom. The van der Waals surface area contributed by atoms with Crippen molar-refractivity contribution in [3.05, 3.63) is 58.8 Å². The van der Waals surface area contributed by atoms with Gasteiger partial charge in [-0.25, -0.2) is 4.98 Å². The lowest BCUT2D eigenvalue weighted by Crippen LogP contribution is -2.15. The van der Waals surface area contributed by atoms with E-state index in [2.05, 4.69) is 10.3 Å². The number of thiophene rings is 1. The molecule has 0 saturated heterocycles. The second-order valence-electron chi connectivity index (χ2n) is 5.36. The zero-order valence-corrected chi connectivity index (χ0v) is 14.1. The summed E-state index contributed by atoms with van der Waals surface area (Å²) in [7, 11) is 0. The van der Waals surface area contributed by atoms with Gasteiger partial charge in [0.05, 0.1) is 17.0 Å². The first kappa shape index (κ1) is 16.1. The fourth-order valence-electron chi connectivity index (χ4n) is 2.24. The van der Waals surface area contributed by atoms with Crippen LogP contribution in [0.15, 0.2) is 46.2 Å². The largest absolute Gasteiger partial charge is 0.440 e. The van der Waals surface area contributed by atoms with E-state index in [-0.39, 0.29) is 18.1 Å². The van der Waals surface area contributed by atoms with Crippen molar-refractivity contribution >= 4 is 28.7 Å². The van der Waals surface area contributed by atoms with Gasteiger partial charge in [0.15, 0.2) is 5.78 Å². The van der Waals surface area contributed by atoms with Gasteiger partial charge in [0, 0.05) is 11.3 Å². The van der Waals surface area contributed by atoms with E-state index in [1.54, 1.807) is 31.2 Å². The summed E-state index contributed by atoms with van der Waals surface area (Å²) in [6.07, 6.45) is 0.134. The molecule has 0 atom stereocenters. The number of nitrogens with zero attached hydrogens (tertiary/aromatic N) is 1. The molecule has 1 amide bonds. The number of nitrogens with one attached hydrogen (secondary N) is 1. The minimum absolute atomic E-state index is 0.00722. The molecule has 0 spiro atoms. The average molecular weight is 340 g/mol. The van der Waals surface area contributed by atoms with Gasteiger partial charge in [-0.05, 0) is 49.6 Å². The predicted octanol–water partition coefficient (Wildman–Crippen LogP) is 4.10. The van der Waals surface area contributed by atoms with Crippen LogP contribution in [-0.2, 0) is 11.2 Å². The van der Waals surface area contributed by atoms with Crippen LogP contribution in [0, 0.1) is 6.92 Å². The van der Waals surface area contributed by atoms with Crippen LogP contribution in [0.5, 0.6) is 0 Å². The molecule has 0 aliphatic carbocycles. The zero-order chi connectivity index (χ0) is 17.1. The van der Waals surface area contributed by atoms with Gasteiger partial charge >= 0.3 is 0 Å². The molecule has 122 valence electrons. The number of Topliss-reactive ketones (excluding diaryl/α,β-unsaturated/α-hetero) is 1. The third-order valence-electron chi connectivity index (χ3n) is 3.53. The second-order valence-corrected chi connectivity index (χ2v) is 6.31. The minimum Gasteiger partial charge on any atom is -0.440 e. The molecule has 2 aromatic heterocycles. The lowest BCUT2D eigenvalue weighted by molar-refractivity contribution is -0.115. The van der Waals surface area contributed by atoms with E-state index < -0.39 is 0 Å². The van der Waals surface area contributed by atoms with Crippen LogP contribution in [0.4, 0.5) is 5.69 Å². The van der Waals surface area contributed by atoms with Crippen LogP contribution >= 0.6 is 11.3 Å². The fraction of sp³-hybridized carbons (Fsp3) is 0.167. The number of aryl methyl sites for hydroxylation is 1. The number of carbonyl (C=O) groups is 2. The van der Waals surface area contributed by atoms with Gasteiger partial charge in [-0.1, -0.05) is 6.07 Å². The second kappa shape index (κ2) is 6.80. The van der Waals surface area contributed by atoms with E-state index >= 15 is 0 Å². The Morgan fingerprint density at radius 3 is 2.58 bits per heavy atom. The molecular weight excluding hydrogens is 324 g/mol. The Hall–Kier alpha value is -2.73. The van der Waals surface area contributed by atoms with Gasteiger partial charge in [-0.2, -0.15) is 0 Å². The van der Waals surface area contributed by atoms with E-state index in [1.807, 2.05) is 17.5 Å². The number of hydrogen-bond acceptors (Lipinski definition) is 5. The van der Waals surface area contributed by atoms with E-state index in [0.717, 1.165) is 4.88 Å². The number of amides is 1. The average Bonchev–Trinajstić information content (AvgIpc) is 3.18. The highest BCUT2D eigenvalue weighted by Gasteiger charge is 2.15. The summed E-state index contributed by atoms with van der Waals surface area (Å²) >= 11 is 1.54. The Labute approximate surface area is 143 Å². The lowest BCUT2D eigenvalue weighted by Gasteiger charge is -2.04. The van der Waals surface area contributed by atoms with Crippen LogP contribution in [0.25, 0.3) is 10.8 Å².